The molecule has 6 rings (SSSR count). The summed E-state index contributed by atoms with van der Waals surface area (Å²) >= 11 is 7.10. The van der Waals surface area contributed by atoms with Crippen molar-refractivity contribution in [2.45, 2.75) is 71.1 Å². The lowest BCUT2D eigenvalue weighted by Crippen LogP contribution is -2.40. The van der Waals surface area contributed by atoms with E-state index in [1.165, 1.54) is 11.8 Å². The number of urea groups is 2. The Bertz CT molecular complexity index is 1910. The third-order valence-electron chi connectivity index (χ3n) is 8.51. The van der Waals surface area contributed by atoms with Gasteiger partial charge in [0.25, 0.3) is 15.6 Å². The molecule has 0 bridgehead atoms. The Morgan fingerprint density at radius 2 is 1.78 bits per heavy atom. The van der Waals surface area contributed by atoms with Gasteiger partial charge in [0.15, 0.2) is 12.3 Å². The maximum Gasteiger partial charge on any atom is 0.374 e. The average molecular weight is 826 g/mol. The summed E-state index contributed by atoms with van der Waals surface area (Å²) in [5, 5.41) is 6.84. The van der Waals surface area contributed by atoms with Gasteiger partial charge in [-0.2, -0.15) is 13.0 Å². The number of amides is 4. The topological polar surface area (TPSA) is 157 Å². The van der Waals surface area contributed by atoms with Gasteiger partial charge in [0, 0.05) is 41.1 Å². The first-order chi connectivity index (χ1) is 23.1. The summed E-state index contributed by atoms with van der Waals surface area (Å²) < 4.78 is 49.1. The number of hydrogen-bond acceptors (Lipinski definition) is 7. The fourth-order valence-corrected chi connectivity index (χ4v) is 6.61. The van der Waals surface area contributed by atoms with Gasteiger partial charge in [-0.15, -0.1) is 0 Å². The van der Waals surface area contributed by atoms with Crippen LogP contribution >= 0.6 is 31.9 Å². The first-order valence-corrected chi connectivity index (χ1v) is 19.1. The van der Waals surface area contributed by atoms with E-state index in [1.54, 1.807) is 7.05 Å². The summed E-state index contributed by atoms with van der Waals surface area (Å²) in [6.45, 7) is 9.19. The first-order valence-electron chi connectivity index (χ1n) is 16.0. The molecule has 2 fully saturated rings. The number of allylic oxidation sites excluding steroid dienone is 2. The summed E-state index contributed by atoms with van der Waals surface area (Å²) in [7, 11) is -2.49. The first kappa shape index (κ1) is 36.7. The molecule has 3 aliphatic heterocycles. The molecule has 264 valence electrons. The molecule has 4 amide bonds. The van der Waals surface area contributed by atoms with Crippen molar-refractivity contribution in [1.82, 2.24) is 20.9 Å². The maximum atomic E-state index is 11.6. The summed E-state index contributed by atoms with van der Waals surface area (Å²) in [5.41, 5.74) is 3.56. The number of nitrogens with one attached hydrogen (secondary N) is 3. The van der Waals surface area contributed by atoms with Gasteiger partial charge in [-0.3, -0.25) is 4.55 Å². The second-order valence-corrected chi connectivity index (χ2v) is 16.2. The Kier molecular flexibility index (Phi) is 11.3. The lowest BCUT2D eigenvalue weighted by molar-refractivity contribution is -0.678. The van der Waals surface area contributed by atoms with Crippen LogP contribution in [0.15, 0.2) is 67.3 Å². The number of aromatic nitrogens is 1. The van der Waals surface area contributed by atoms with Gasteiger partial charge < -0.3 is 34.9 Å². The quantitative estimate of drug-likeness (QED) is 0.141. The second-order valence-electron chi connectivity index (χ2n) is 12.5. The molecule has 2 aromatic carbocycles. The highest BCUT2D eigenvalue weighted by molar-refractivity contribution is 9.10. The number of oxazole rings is 1. The number of hydrogen-bond donors (Lipinski definition) is 4. The van der Waals surface area contributed by atoms with Crippen LogP contribution in [0.5, 0.6) is 5.75 Å². The van der Waals surface area contributed by atoms with Gasteiger partial charge in [0.2, 0.25) is 11.5 Å². The average Bonchev–Trinajstić information content (AvgIpc) is 3.74. The number of anilines is 1. The van der Waals surface area contributed by atoms with Gasteiger partial charge in [0.05, 0.1) is 17.0 Å². The van der Waals surface area contributed by atoms with Crippen LogP contribution in [0.3, 0.4) is 0 Å². The van der Waals surface area contributed by atoms with Crippen LogP contribution in [-0.4, -0.2) is 61.1 Å². The molecule has 3 aromatic rings. The third kappa shape index (κ3) is 8.59. The molecule has 13 nitrogen and oxygen atoms in total. The molecule has 0 saturated carbocycles. The van der Waals surface area contributed by atoms with Crippen LogP contribution in [0.2, 0.25) is 0 Å². The van der Waals surface area contributed by atoms with Crippen LogP contribution in [-0.2, 0) is 16.7 Å². The van der Waals surface area contributed by atoms with Crippen LogP contribution in [0.4, 0.5) is 15.3 Å². The number of fused-ring (bicyclic) bond motifs is 3. The van der Waals surface area contributed by atoms with Gasteiger partial charge in [0.1, 0.15) is 12.3 Å². The SMILES string of the molecule is CCC(=C/c1oc2ccc(Br)cc2[n+]1CCC(C)S(=O)(=O)O)/C=C1/Oc2ccc(Br)cc2N1CCC(C)C.CN1C(=O)NC2NC(=O)NC21. The minimum absolute atomic E-state index is 0.174. The van der Waals surface area contributed by atoms with E-state index in [-0.39, 0.29) is 30.8 Å². The van der Waals surface area contributed by atoms with Crippen LogP contribution < -0.4 is 30.2 Å². The van der Waals surface area contributed by atoms with Crippen molar-refractivity contribution >= 4 is 76.9 Å². The van der Waals surface area contributed by atoms with Gasteiger partial charge in [-0.05, 0) is 61.6 Å². The highest BCUT2D eigenvalue weighted by Crippen LogP contribution is 2.41. The fraction of sp³-hybridized carbons (Fsp3) is 0.424. The number of aryl methyl sites for hydroxylation is 1. The van der Waals surface area contributed by atoms with Gasteiger partial charge >= 0.3 is 18.0 Å². The highest BCUT2D eigenvalue weighted by Gasteiger charge is 2.43. The zero-order valence-corrected chi connectivity index (χ0v) is 31.9. The summed E-state index contributed by atoms with van der Waals surface area (Å²) in [4.78, 5) is 25.3. The molecule has 3 atom stereocenters. The van der Waals surface area contributed by atoms with Crippen LogP contribution in [0.1, 0.15) is 52.8 Å². The molecular weight excluding hydrogens is 784 g/mol. The van der Waals surface area contributed by atoms with Crippen molar-refractivity contribution in [1.29, 1.82) is 0 Å². The Labute approximate surface area is 302 Å². The summed E-state index contributed by atoms with van der Waals surface area (Å²) in [6.07, 6.45) is 5.49. The monoisotopic (exact) mass is 823 g/mol. The van der Waals surface area contributed by atoms with E-state index >= 15 is 0 Å². The second kappa shape index (κ2) is 15.1. The van der Waals surface area contributed by atoms with Gasteiger partial charge in [-0.1, -0.05) is 52.6 Å². The Morgan fingerprint density at radius 1 is 1.06 bits per heavy atom. The van der Waals surface area contributed by atoms with Crippen molar-refractivity contribution in [3.8, 4) is 5.75 Å². The maximum absolute atomic E-state index is 11.6. The minimum atomic E-state index is -4.12. The van der Waals surface area contributed by atoms with E-state index in [2.05, 4.69) is 79.5 Å². The standard InChI is InChI=1S/C28H32Br2N2O5S.C5H8N4O2/c1-5-20(14-27-31(12-10-18(2)3)23-16-21(29)6-8-25(23)36-27)15-28-32(13-11-19(4)38(33,34)35)24-17-22(30)7-9-26(24)37-28;1-9-3-2(7-5(9)11)6-4(10)8-3/h6-9,14-19H,5,10-13H2,1-4H3;2-3H,1H3,(H,7,11)(H2,6,8,10)/p+1. The Morgan fingerprint density at radius 3 is 2.45 bits per heavy atom. The van der Waals surface area contributed by atoms with E-state index in [9.17, 15) is 22.6 Å². The van der Waals surface area contributed by atoms with Crippen molar-refractivity contribution < 1.29 is 36.3 Å². The van der Waals surface area contributed by atoms with Crippen LogP contribution in [0, 0.1) is 5.92 Å². The number of carbonyl (C=O) groups is 2. The molecule has 0 aliphatic carbocycles. The number of ether oxygens (including phenoxy) is 1. The molecule has 16 heteroatoms. The van der Waals surface area contributed by atoms with Crippen molar-refractivity contribution in [2.75, 3.05) is 18.5 Å². The molecule has 1 aromatic heterocycles. The number of nitrogens with zero attached hydrogens (tertiary/aromatic N) is 3. The van der Waals surface area contributed by atoms with Crippen LogP contribution in [0.25, 0.3) is 17.2 Å². The molecule has 3 aliphatic rings. The van der Waals surface area contributed by atoms with E-state index in [0.717, 1.165) is 56.7 Å². The Balaban J connectivity index is 0.000000357. The molecule has 0 radical (unpaired) electrons. The third-order valence-corrected chi connectivity index (χ3v) is 10.7. The number of rotatable bonds is 10. The summed E-state index contributed by atoms with van der Waals surface area (Å²) in [6, 6.07) is 11.3. The van der Waals surface area contributed by atoms with Crippen molar-refractivity contribution in [3.63, 3.8) is 0 Å². The molecule has 0 spiro atoms. The number of carbonyl (C=O) groups excluding carboxylic acids is 2. The van der Waals surface area contributed by atoms with Gasteiger partial charge in [-0.25, -0.2) is 9.59 Å². The molecule has 49 heavy (non-hydrogen) atoms. The Hall–Kier alpha value is -3.60. The predicted octanol–water partition coefficient (Wildman–Crippen LogP) is 6.10. The largest absolute Gasteiger partial charge is 0.439 e. The van der Waals surface area contributed by atoms with E-state index in [0.29, 0.717) is 23.9 Å². The summed E-state index contributed by atoms with van der Waals surface area (Å²) in [5.74, 6) is 2.73. The predicted molar refractivity (Wildman–Crippen MR) is 193 cm³/mol. The zero-order chi connectivity index (χ0) is 35.6. The zero-order valence-electron chi connectivity index (χ0n) is 27.9. The lowest BCUT2D eigenvalue weighted by Gasteiger charge is -2.20. The molecular formula is C33H41Br2N6O7S+. The van der Waals surface area contributed by atoms with E-state index < -0.39 is 15.4 Å². The minimum Gasteiger partial charge on any atom is -0.439 e. The van der Waals surface area contributed by atoms with Crippen molar-refractivity contribution in [2.24, 2.45) is 5.92 Å². The lowest BCUT2D eigenvalue weighted by atomic mass is 10.1. The number of benzene rings is 2. The van der Waals surface area contributed by atoms with E-state index in [1.807, 2.05) is 47.1 Å². The highest BCUT2D eigenvalue weighted by atomic mass is 79.9. The molecule has 4 heterocycles. The number of likely N-dealkylation sites (N-methyl/N-ethyl adjacent to an activating group) is 1. The van der Waals surface area contributed by atoms with E-state index in [4.69, 9.17) is 9.15 Å². The smallest absolute Gasteiger partial charge is 0.374 e. The fourth-order valence-electron chi connectivity index (χ4n) is 5.51. The van der Waals surface area contributed by atoms with Crippen molar-refractivity contribution in [3.05, 3.63) is 68.8 Å². The number of halogens is 2. The normalized spacial score (nSPS) is 20.1. The molecule has 2 saturated heterocycles. The molecule has 3 unspecified atom stereocenters. The molecule has 4 N–H and O–H groups in total.